The van der Waals surface area contributed by atoms with Crippen molar-refractivity contribution in [2.24, 2.45) is 0 Å². The van der Waals surface area contributed by atoms with Crippen LogP contribution in [-0.2, 0) is 9.53 Å². The van der Waals surface area contributed by atoms with Gasteiger partial charge in [-0.25, -0.2) is 0 Å². The van der Waals surface area contributed by atoms with Crippen LogP contribution in [0.4, 0.5) is 0 Å². The second kappa shape index (κ2) is 7.01. The first-order chi connectivity index (χ1) is 8.58. The van der Waals surface area contributed by atoms with Crippen LogP contribution in [0.1, 0.15) is 31.0 Å². The van der Waals surface area contributed by atoms with E-state index in [1.165, 1.54) is 0 Å². The lowest BCUT2D eigenvalue weighted by molar-refractivity contribution is -0.142. The molecule has 0 saturated carbocycles. The summed E-state index contributed by atoms with van der Waals surface area (Å²) in [5.74, 6) is 0.584. The van der Waals surface area contributed by atoms with Gasteiger partial charge in [0.25, 0.3) is 0 Å². The zero-order valence-corrected chi connectivity index (χ0v) is 11.4. The summed E-state index contributed by atoms with van der Waals surface area (Å²) in [6.07, 6.45) is 0. The molecule has 0 fully saturated rings. The Bertz CT molecular complexity index is 404. The number of rotatable bonds is 6. The van der Waals surface area contributed by atoms with Gasteiger partial charge in [0.15, 0.2) is 0 Å². The summed E-state index contributed by atoms with van der Waals surface area (Å²) in [7, 11) is 1.65. The SMILES string of the molecule is CCOC(=O)CNC(C)c1cc(C)ccc1OC. The van der Waals surface area contributed by atoms with Crippen molar-refractivity contribution in [2.45, 2.75) is 26.8 Å². The number of benzene rings is 1. The Kier molecular flexibility index (Phi) is 5.65. The third-order valence-corrected chi connectivity index (χ3v) is 2.71. The highest BCUT2D eigenvalue weighted by atomic mass is 16.5. The Hall–Kier alpha value is -1.55. The summed E-state index contributed by atoms with van der Waals surface area (Å²) in [5, 5.41) is 3.13. The fraction of sp³-hybridized carbons (Fsp3) is 0.500. The van der Waals surface area contributed by atoms with Crippen LogP contribution < -0.4 is 10.1 Å². The maximum Gasteiger partial charge on any atom is 0.319 e. The van der Waals surface area contributed by atoms with Gasteiger partial charge in [-0.05, 0) is 26.8 Å². The van der Waals surface area contributed by atoms with E-state index in [9.17, 15) is 4.79 Å². The Balaban J connectivity index is 2.68. The molecule has 18 heavy (non-hydrogen) atoms. The number of ether oxygens (including phenoxy) is 2. The van der Waals surface area contributed by atoms with E-state index in [2.05, 4.69) is 11.4 Å². The Morgan fingerprint density at radius 3 is 2.78 bits per heavy atom. The molecule has 0 aromatic heterocycles. The van der Waals surface area contributed by atoms with E-state index >= 15 is 0 Å². The molecule has 4 heteroatoms. The van der Waals surface area contributed by atoms with Crippen LogP contribution in [0, 0.1) is 6.92 Å². The number of carbonyl (C=O) groups excluding carboxylic acids is 1. The second-order valence-corrected chi connectivity index (χ2v) is 4.15. The van der Waals surface area contributed by atoms with E-state index in [0.717, 1.165) is 16.9 Å². The van der Waals surface area contributed by atoms with E-state index in [1.54, 1.807) is 14.0 Å². The Morgan fingerprint density at radius 2 is 2.17 bits per heavy atom. The highest BCUT2D eigenvalue weighted by molar-refractivity contribution is 5.71. The van der Waals surface area contributed by atoms with E-state index in [1.807, 2.05) is 26.0 Å². The van der Waals surface area contributed by atoms with Gasteiger partial charge >= 0.3 is 5.97 Å². The minimum absolute atomic E-state index is 0.0317. The Morgan fingerprint density at radius 1 is 1.44 bits per heavy atom. The summed E-state index contributed by atoms with van der Waals surface area (Å²) in [6, 6.07) is 6.03. The van der Waals surface area contributed by atoms with Crippen LogP contribution >= 0.6 is 0 Å². The average Bonchev–Trinajstić information content (AvgIpc) is 2.36. The minimum Gasteiger partial charge on any atom is -0.496 e. The average molecular weight is 251 g/mol. The van der Waals surface area contributed by atoms with E-state index < -0.39 is 0 Å². The van der Waals surface area contributed by atoms with Crippen LogP contribution in [0.15, 0.2) is 18.2 Å². The van der Waals surface area contributed by atoms with Gasteiger partial charge in [-0.15, -0.1) is 0 Å². The number of hydrogen-bond acceptors (Lipinski definition) is 4. The normalized spacial score (nSPS) is 12.0. The summed E-state index contributed by atoms with van der Waals surface area (Å²) in [6.45, 7) is 6.43. The van der Waals surface area contributed by atoms with Crippen molar-refractivity contribution in [2.75, 3.05) is 20.3 Å². The molecular formula is C14H21NO3. The molecule has 1 aromatic carbocycles. The van der Waals surface area contributed by atoms with Gasteiger partial charge < -0.3 is 14.8 Å². The van der Waals surface area contributed by atoms with Crippen molar-refractivity contribution in [1.29, 1.82) is 0 Å². The lowest BCUT2D eigenvalue weighted by Crippen LogP contribution is -2.27. The number of aryl methyl sites for hydroxylation is 1. The standard InChI is InChI=1S/C14H21NO3/c1-5-18-14(16)9-15-11(3)12-8-10(2)6-7-13(12)17-4/h6-8,11,15H,5,9H2,1-4H3. The van der Waals surface area contributed by atoms with Gasteiger partial charge in [-0.2, -0.15) is 0 Å². The van der Waals surface area contributed by atoms with Crippen LogP contribution in [0.5, 0.6) is 5.75 Å². The highest BCUT2D eigenvalue weighted by Gasteiger charge is 2.12. The summed E-state index contributed by atoms with van der Waals surface area (Å²) >= 11 is 0. The number of esters is 1. The topological polar surface area (TPSA) is 47.6 Å². The van der Waals surface area contributed by atoms with Crippen molar-refractivity contribution < 1.29 is 14.3 Å². The molecule has 1 rings (SSSR count). The van der Waals surface area contributed by atoms with Gasteiger partial charge in [0.2, 0.25) is 0 Å². The molecule has 0 radical (unpaired) electrons. The van der Waals surface area contributed by atoms with E-state index in [4.69, 9.17) is 9.47 Å². The van der Waals surface area contributed by atoms with E-state index in [0.29, 0.717) is 6.61 Å². The van der Waals surface area contributed by atoms with Crippen molar-refractivity contribution in [1.82, 2.24) is 5.32 Å². The zero-order valence-electron chi connectivity index (χ0n) is 11.4. The van der Waals surface area contributed by atoms with E-state index in [-0.39, 0.29) is 18.6 Å². The quantitative estimate of drug-likeness (QED) is 0.787. The summed E-state index contributed by atoms with van der Waals surface area (Å²) < 4.78 is 10.2. The van der Waals surface area contributed by atoms with Gasteiger partial charge in [0.05, 0.1) is 20.3 Å². The number of nitrogens with one attached hydrogen (secondary N) is 1. The lowest BCUT2D eigenvalue weighted by Gasteiger charge is -2.17. The molecule has 1 N–H and O–H groups in total. The van der Waals surface area contributed by atoms with Crippen molar-refractivity contribution >= 4 is 5.97 Å². The molecule has 0 bridgehead atoms. The van der Waals surface area contributed by atoms with Crippen LogP contribution in [0.2, 0.25) is 0 Å². The largest absolute Gasteiger partial charge is 0.496 e. The maximum absolute atomic E-state index is 11.3. The molecule has 0 spiro atoms. The Labute approximate surface area is 108 Å². The zero-order chi connectivity index (χ0) is 13.5. The van der Waals surface area contributed by atoms with Crippen molar-refractivity contribution in [3.05, 3.63) is 29.3 Å². The monoisotopic (exact) mass is 251 g/mol. The number of hydrogen-bond donors (Lipinski definition) is 1. The number of carbonyl (C=O) groups is 1. The van der Waals surface area contributed by atoms with Crippen LogP contribution in [-0.4, -0.2) is 26.2 Å². The van der Waals surface area contributed by atoms with Crippen molar-refractivity contribution in [3.63, 3.8) is 0 Å². The molecule has 0 aliphatic heterocycles. The first-order valence-corrected chi connectivity index (χ1v) is 6.12. The molecule has 100 valence electrons. The molecule has 1 unspecified atom stereocenters. The molecular weight excluding hydrogens is 230 g/mol. The number of methoxy groups -OCH3 is 1. The first kappa shape index (κ1) is 14.5. The molecule has 0 aliphatic carbocycles. The fourth-order valence-corrected chi connectivity index (χ4v) is 1.75. The molecule has 1 aromatic rings. The van der Waals surface area contributed by atoms with Gasteiger partial charge in [-0.3, -0.25) is 4.79 Å². The molecule has 0 heterocycles. The molecule has 1 atom stereocenters. The summed E-state index contributed by atoms with van der Waals surface area (Å²) in [4.78, 5) is 11.3. The summed E-state index contributed by atoms with van der Waals surface area (Å²) in [5.41, 5.74) is 2.21. The molecule has 4 nitrogen and oxygen atoms in total. The molecule has 0 saturated heterocycles. The van der Waals surface area contributed by atoms with Gasteiger partial charge in [0, 0.05) is 11.6 Å². The molecule has 0 amide bonds. The van der Waals surface area contributed by atoms with Crippen LogP contribution in [0.3, 0.4) is 0 Å². The third kappa shape index (κ3) is 4.04. The van der Waals surface area contributed by atoms with Gasteiger partial charge in [0.1, 0.15) is 5.75 Å². The van der Waals surface area contributed by atoms with Crippen LogP contribution in [0.25, 0.3) is 0 Å². The third-order valence-electron chi connectivity index (χ3n) is 2.71. The fourth-order valence-electron chi connectivity index (χ4n) is 1.75. The first-order valence-electron chi connectivity index (χ1n) is 6.12. The predicted octanol–water partition coefficient (Wildman–Crippen LogP) is 2.22. The minimum atomic E-state index is -0.240. The maximum atomic E-state index is 11.3. The predicted molar refractivity (Wildman–Crippen MR) is 70.8 cm³/mol. The van der Waals surface area contributed by atoms with Crippen molar-refractivity contribution in [3.8, 4) is 5.75 Å². The second-order valence-electron chi connectivity index (χ2n) is 4.15. The highest BCUT2D eigenvalue weighted by Crippen LogP contribution is 2.25. The van der Waals surface area contributed by atoms with Gasteiger partial charge in [-0.1, -0.05) is 17.7 Å². The smallest absolute Gasteiger partial charge is 0.319 e. The molecule has 0 aliphatic rings. The lowest BCUT2D eigenvalue weighted by atomic mass is 10.0.